The first-order chi connectivity index (χ1) is 10.1. The van der Waals surface area contributed by atoms with Crippen LogP contribution in [0.15, 0.2) is 36.8 Å². The first-order valence-corrected chi connectivity index (χ1v) is 6.15. The van der Waals surface area contributed by atoms with E-state index >= 15 is 0 Å². The molecule has 0 bridgehead atoms. The molecule has 0 radical (unpaired) electrons. The number of imidazole rings is 1. The summed E-state index contributed by atoms with van der Waals surface area (Å²) in [6.45, 7) is 0. The zero-order chi connectivity index (χ0) is 15.0. The van der Waals surface area contributed by atoms with Crippen molar-refractivity contribution in [2.24, 2.45) is 7.05 Å². The van der Waals surface area contributed by atoms with Crippen molar-refractivity contribution in [3.05, 3.63) is 48.0 Å². The Morgan fingerprint density at radius 1 is 1.38 bits per heavy atom. The van der Waals surface area contributed by atoms with E-state index in [-0.39, 0.29) is 5.69 Å². The van der Waals surface area contributed by atoms with Gasteiger partial charge in [0.05, 0.1) is 35.5 Å². The van der Waals surface area contributed by atoms with Crippen LogP contribution in [-0.4, -0.2) is 25.6 Å². The van der Waals surface area contributed by atoms with Crippen molar-refractivity contribution in [1.82, 2.24) is 14.5 Å². The number of aromatic nitrogens is 3. The summed E-state index contributed by atoms with van der Waals surface area (Å²) in [5.41, 5.74) is 1.51. The molecule has 2 heterocycles. The zero-order valence-electron chi connectivity index (χ0n) is 11.1. The van der Waals surface area contributed by atoms with Crippen LogP contribution in [-0.2, 0) is 7.05 Å². The molecule has 0 saturated carbocycles. The van der Waals surface area contributed by atoms with Crippen LogP contribution in [0.3, 0.4) is 0 Å². The van der Waals surface area contributed by atoms with Gasteiger partial charge < -0.3 is 9.67 Å². The molecule has 21 heavy (non-hydrogen) atoms. The lowest BCUT2D eigenvalue weighted by Gasteiger charge is -2.08. The van der Waals surface area contributed by atoms with Crippen molar-refractivity contribution in [2.45, 2.75) is 0 Å². The number of aromatic carboxylic acids is 1. The quantitative estimate of drug-likeness (QED) is 0.775. The molecule has 3 rings (SSSR count). The number of pyridine rings is 1. The van der Waals surface area contributed by atoms with Gasteiger partial charge in [-0.15, -0.1) is 0 Å². The van der Waals surface area contributed by atoms with Crippen molar-refractivity contribution in [1.29, 1.82) is 5.26 Å². The molecule has 102 valence electrons. The molecule has 1 aromatic carbocycles. The second kappa shape index (κ2) is 4.72. The molecule has 0 unspecified atom stereocenters. The monoisotopic (exact) mass is 278 g/mol. The molecule has 0 aliphatic heterocycles. The smallest absolute Gasteiger partial charge is 0.355 e. The number of rotatable bonds is 2. The van der Waals surface area contributed by atoms with Crippen molar-refractivity contribution < 1.29 is 9.90 Å². The van der Waals surface area contributed by atoms with Gasteiger partial charge in [-0.3, -0.25) is 0 Å². The molecule has 0 amide bonds. The highest BCUT2D eigenvalue weighted by Crippen LogP contribution is 2.26. The lowest BCUT2D eigenvalue weighted by molar-refractivity contribution is 0.0693. The number of hydrogen-bond donors (Lipinski definition) is 1. The van der Waals surface area contributed by atoms with Crippen molar-refractivity contribution in [3.63, 3.8) is 0 Å². The number of benzene rings is 1. The molecular weight excluding hydrogens is 268 g/mol. The zero-order valence-corrected chi connectivity index (χ0v) is 11.1. The van der Waals surface area contributed by atoms with Crippen LogP contribution in [0.25, 0.3) is 22.2 Å². The van der Waals surface area contributed by atoms with E-state index in [4.69, 9.17) is 0 Å². The minimum atomic E-state index is -1.13. The summed E-state index contributed by atoms with van der Waals surface area (Å²) in [6.07, 6.45) is 3.21. The predicted molar refractivity (Wildman–Crippen MR) is 75.6 cm³/mol. The molecule has 6 heteroatoms. The minimum absolute atomic E-state index is 0.0687. The molecule has 0 aliphatic rings. The Morgan fingerprint density at radius 3 is 2.81 bits per heavy atom. The molecule has 0 spiro atoms. The average molecular weight is 278 g/mol. The fourth-order valence-corrected chi connectivity index (χ4v) is 2.27. The van der Waals surface area contributed by atoms with Crippen molar-refractivity contribution in [3.8, 4) is 17.5 Å². The van der Waals surface area contributed by atoms with E-state index in [2.05, 4.69) is 16.0 Å². The number of hydrogen-bond acceptors (Lipinski definition) is 4. The third-order valence-electron chi connectivity index (χ3n) is 3.28. The van der Waals surface area contributed by atoms with Gasteiger partial charge >= 0.3 is 5.97 Å². The molecule has 0 saturated heterocycles. The van der Waals surface area contributed by atoms with Crippen LogP contribution < -0.4 is 0 Å². The topological polar surface area (TPSA) is 91.8 Å². The summed E-state index contributed by atoms with van der Waals surface area (Å²) < 4.78 is 1.74. The number of nitrogens with zero attached hydrogens (tertiary/aromatic N) is 4. The fraction of sp³-hybridized carbons (Fsp3) is 0.0667. The Morgan fingerprint density at radius 2 is 2.19 bits per heavy atom. The Labute approximate surface area is 119 Å². The molecule has 3 aromatic rings. The lowest BCUT2D eigenvalue weighted by Crippen LogP contribution is -2.04. The van der Waals surface area contributed by atoms with Crippen LogP contribution in [0.1, 0.15) is 16.1 Å². The maximum atomic E-state index is 11.5. The predicted octanol–water partition coefficient (Wildman–Crippen LogP) is 2.21. The Hall–Kier alpha value is -3.20. The third-order valence-corrected chi connectivity index (χ3v) is 3.28. The summed E-state index contributed by atoms with van der Waals surface area (Å²) in [6, 6.07) is 8.76. The summed E-state index contributed by atoms with van der Waals surface area (Å²) in [4.78, 5) is 19.7. The Bertz CT molecular complexity index is 906. The molecule has 6 nitrogen and oxygen atoms in total. The van der Waals surface area contributed by atoms with Crippen molar-refractivity contribution >= 4 is 16.7 Å². The van der Waals surface area contributed by atoms with Gasteiger partial charge in [0.15, 0.2) is 5.69 Å². The van der Waals surface area contributed by atoms with Gasteiger partial charge in [0, 0.05) is 17.8 Å². The Balaban J connectivity index is 2.42. The molecular formula is C15H10N4O2. The molecule has 0 atom stereocenters. The highest BCUT2D eigenvalue weighted by Gasteiger charge is 2.16. The normalized spacial score (nSPS) is 10.5. The highest BCUT2D eigenvalue weighted by molar-refractivity contribution is 6.04. The van der Waals surface area contributed by atoms with E-state index in [9.17, 15) is 15.2 Å². The van der Waals surface area contributed by atoms with E-state index in [1.165, 1.54) is 0 Å². The minimum Gasteiger partial charge on any atom is -0.476 e. The second-order valence-corrected chi connectivity index (χ2v) is 4.56. The van der Waals surface area contributed by atoms with Crippen LogP contribution in [0.4, 0.5) is 0 Å². The Kier molecular flexibility index (Phi) is 2.88. The van der Waals surface area contributed by atoms with E-state index in [1.54, 1.807) is 48.4 Å². The van der Waals surface area contributed by atoms with Crippen LogP contribution in [0.2, 0.25) is 0 Å². The van der Waals surface area contributed by atoms with Gasteiger partial charge in [-0.2, -0.15) is 5.26 Å². The molecule has 0 aliphatic carbocycles. The molecule has 2 aromatic heterocycles. The van der Waals surface area contributed by atoms with Gasteiger partial charge in [-0.05, 0) is 12.1 Å². The maximum Gasteiger partial charge on any atom is 0.355 e. The van der Waals surface area contributed by atoms with Gasteiger partial charge in [-0.25, -0.2) is 14.8 Å². The number of carbonyl (C=O) groups is 1. The summed E-state index contributed by atoms with van der Waals surface area (Å²) in [5, 5.41) is 19.6. The van der Waals surface area contributed by atoms with Crippen LogP contribution in [0, 0.1) is 11.3 Å². The SMILES string of the molecule is Cn1cncc1-c1cc2c(C#N)cccc2c(C(=O)O)n1. The van der Waals surface area contributed by atoms with Gasteiger partial charge in [0.25, 0.3) is 0 Å². The summed E-state index contributed by atoms with van der Waals surface area (Å²) in [7, 11) is 1.80. The second-order valence-electron chi connectivity index (χ2n) is 4.56. The standard InChI is InChI=1S/C15H10N4O2/c1-19-8-17-7-13(19)12-5-11-9(6-16)3-2-4-10(11)14(18-12)15(20)21/h2-5,7-8H,1H3,(H,20,21). The fourth-order valence-electron chi connectivity index (χ4n) is 2.27. The van der Waals surface area contributed by atoms with Gasteiger partial charge in [0.2, 0.25) is 0 Å². The number of fused-ring (bicyclic) bond motifs is 1. The van der Waals surface area contributed by atoms with E-state index in [1.807, 2.05) is 0 Å². The first-order valence-electron chi connectivity index (χ1n) is 6.15. The number of nitriles is 1. The molecule has 0 fully saturated rings. The number of carboxylic acids is 1. The van der Waals surface area contributed by atoms with E-state index in [0.717, 1.165) is 0 Å². The average Bonchev–Trinajstić information content (AvgIpc) is 2.91. The van der Waals surface area contributed by atoms with Gasteiger partial charge in [0.1, 0.15) is 0 Å². The number of aryl methyl sites for hydroxylation is 1. The van der Waals surface area contributed by atoms with Gasteiger partial charge in [-0.1, -0.05) is 12.1 Å². The number of carboxylic acid groups (broad SMARTS) is 1. The van der Waals surface area contributed by atoms with E-state index < -0.39 is 5.97 Å². The summed E-state index contributed by atoms with van der Waals surface area (Å²) in [5.74, 6) is -1.13. The first kappa shape index (κ1) is 12.8. The van der Waals surface area contributed by atoms with Crippen molar-refractivity contribution in [2.75, 3.05) is 0 Å². The summed E-state index contributed by atoms with van der Waals surface area (Å²) >= 11 is 0. The van der Waals surface area contributed by atoms with Crippen LogP contribution in [0.5, 0.6) is 0 Å². The van der Waals surface area contributed by atoms with E-state index in [0.29, 0.717) is 27.7 Å². The maximum absolute atomic E-state index is 11.5. The van der Waals surface area contributed by atoms with Crippen LogP contribution >= 0.6 is 0 Å². The lowest BCUT2D eigenvalue weighted by atomic mass is 10.0. The largest absolute Gasteiger partial charge is 0.476 e. The highest BCUT2D eigenvalue weighted by atomic mass is 16.4. The third kappa shape index (κ3) is 2.01. The molecule has 1 N–H and O–H groups in total.